The van der Waals surface area contributed by atoms with Crippen molar-refractivity contribution in [2.24, 2.45) is 0 Å². The number of aromatic amines is 1. The van der Waals surface area contributed by atoms with Crippen LogP contribution in [0.5, 0.6) is 0 Å². The van der Waals surface area contributed by atoms with Crippen LogP contribution in [0, 0.1) is 0 Å². The van der Waals surface area contributed by atoms with Crippen LogP contribution in [0.1, 0.15) is 5.69 Å². The number of hydrogen-bond acceptors (Lipinski definition) is 4. The third-order valence-electron chi connectivity index (χ3n) is 1.71. The van der Waals surface area contributed by atoms with Gasteiger partial charge in [0.05, 0.1) is 18.7 Å². The summed E-state index contributed by atoms with van der Waals surface area (Å²) < 4.78 is 12.1. The number of nitrogens with zero attached hydrogens (tertiary/aromatic N) is 3. The highest BCUT2D eigenvalue weighted by molar-refractivity contribution is 5.73. The molecule has 0 aliphatic carbocycles. The van der Waals surface area contributed by atoms with Crippen molar-refractivity contribution in [2.45, 2.75) is 6.42 Å². The van der Waals surface area contributed by atoms with Gasteiger partial charge in [-0.15, -0.1) is 0 Å². The van der Waals surface area contributed by atoms with Gasteiger partial charge in [-0.1, -0.05) is 0 Å². The number of aromatic nitrogens is 4. The number of nitrogen functional groups attached to an aromatic ring is 1. The number of fused-ring (bicyclic) bond motifs is 1. The number of nitrogens with two attached hydrogens (primary N) is 1. The summed E-state index contributed by atoms with van der Waals surface area (Å²) in [6.45, 7) is -0.468. The maximum atomic E-state index is 12.1. The van der Waals surface area contributed by atoms with E-state index in [4.69, 9.17) is 5.73 Å². The van der Waals surface area contributed by atoms with E-state index in [0.717, 1.165) is 0 Å². The zero-order chi connectivity index (χ0) is 9.26. The summed E-state index contributed by atoms with van der Waals surface area (Å²) in [5.41, 5.74) is 7.13. The van der Waals surface area contributed by atoms with E-state index < -0.39 is 6.67 Å². The number of rotatable bonds is 2. The topological polar surface area (TPSA) is 80.5 Å². The summed E-state index contributed by atoms with van der Waals surface area (Å²) in [6.07, 6.45) is 1.71. The largest absolute Gasteiger partial charge is 0.368 e. The summed E-state index contributed by atoms with van der Waals surface area (Å²) in [5, 5.41) is 0. The van der Waals surface area contributed by atoms with E-state index in [1.165, 1.54) is 6.33 Å². The maximum Gasteiger partial charge on any atom is 0.222 e. The van der Waals surface area contributed by atoms with Crippen molar-refractivity contribution in [3.8, 4) is 0 Å². The molecular formula is C7H8FN5. The molecular weight excluding hydrogens is 173 g/mol. The number of anilines is 1. The van der Waals surface area contributed by atoms with Crippen LogP contribution in [-0.2, 0) is 6.42 Å². The highest BCUT2D eigenvalue weighted by Gasteiger charge is 2.07. The number of H-pyrrole nitrogens is 1. The molecule has 0 bridgehead atoms. The average molecular weight is 181 g/mol. The Balaban J connectivity index is 2.63. The second-order valence-corrected chi connectivity index (χ2v) is 2.57. The lowest BCUT2D eigenvalue weighted by molar-refractivity contribution is 0.493. The lowest BCUT2D eigenvalue weighted by atomic mass is 10.3. The van der Waals surface area contributed by atoms with E-state index >= 15 is 0 Å². The minimum atomic E-state index is -0.468. The Hall–Kier alpha value is -1.72. The first-order valence-corrected chi connectivity index (χ1v) is 3.82. The first-order valence-electron chi connectivity index (χ1n) is 3.82. The monoisotopic (exact) mass is 181 g/mol. The molecule has 0 spiro atoms. The molecule has 6 heteroatoms. The molecule has 0 radical (unpaired) electrons. The summed E-state index contributed by atoms with van der Waals surface area (Å²) in [7, 11) is 0. The minimum absolute atomic E-state index is 0.128. The molecule has 2 aromatic rings. The van der Waals surface area contributed by atoms with Gasteiger partial charge in [-0.05, 0) is 0 Å². The number of halogens is 1. The van der Waals surface area contributed by atoms with Crippen molar-refractivity contribution in [1.29, 1.82) is 0 Å². The Kier molecular flexibility index (Phi) is 1.80. The fourth-order valence-electron chi connectivity index (χ4n) is 1.18. The Morgan fingerprint density at radius 2 is 2.31 bits per heavy atom. The van der Waals surface area contributed by atoms with Gasteiger partial charge < -0.3 is 10.7 Å². The lowest BCUT2D eigenvalue weighted by Gasteiger charge is -1.98. The van der Waals surface area contributed by atoms with Crippen LogP contribution in [0.2, 0.25) is 0 Å². The predicted octanol–water partition coefficient (Wildman–Crippen LogP) is 0.447. The Bertz CT molecular complexity index is 424. The normalized spacial score (nSPS) is 10.8. The van der Waals surface area contributed by atoms with Crippen LogP contribution in [0.25, 0.3) is 11.2 Å². The van der Waals surface area contributed by atoms with Crippen LogP contribution < -0.4 is 5.73 Å². The smallest absolute Gasteiger partial charge is 0.222 e. The summed E-state index contributed by atoms with van der Waals surface area (Å²) >= 11 is 0. The third kappa shape index (κ3) is 1.30. The number of imidazole rings is 1. The molecule has 2 rings (SSSR count). The second-order valence-electron chi connectivity index (χ2n) is 2.57. The molecule has 3 N–H and O–H groups in total. The quantitative estimate of drug-likeness (QED) is 0.704. The average Bonchev–Trinajstić information content (AvgIpc) is 2.52. The summed E-state index contributed by atoms with van der Waals surface area (Å²) in [6, 6.07) is 0. The van der Waals surface area contributed by atoms with E-state index in [-0.39, 0.29) is 12.4 Å². The van der Waals surface area contributed by atoms with Gasteiger partial charge in [0.15, 0.2) is 5.65 Å². The van der Waals surface area contributed by atoms with Crippen molar-refractivity contribution >= 4 is 17.1 Å². The molecule has 5 nitrogen and oxygen atoms in total. The van der Waals surface area contributed by atoms with Gasteiger partial charge >= 0.3 is 0 Å². The molecule has 0 saturated heterocycles. The van der Waals surface area contributed by atoms with E-state index in [2.05, 4.69) is 19.9 Å². The van der Waals surface area contributed by atoms with Gasteiger partial charge in [0.2, 0.25) is 5.95 Å². The highest BCUT2D eigenvalue weighted by atomic mass is 19.1. The molecule has 13 heavy (non-hydrogen) atoms. The minimum Gasteiger partial charge on any atom is -0.368 e. The molecule has 0 unspecified atom stereocenters. The molecule has 0 saturated carbocycles. The van der Waals surface area contributed by atoms with Crippen molar-refractivity contribution in [1.82, 2.24) is 19.9 Å². The Labute approximate surface area is 73.2 Å². The number of hydrogen-bond donors (Lipinski definition) is 2. The number of alkyl halides is 1. The van der Waals surface area contributed by atoms with Gasteiger partial charge in [0, 0.05) is 6.42 Å². The lowest BCUT2D eigenvalue weighted by Crippen LogP contribution is -2.01. The van der Waals surface area contributed by atoms with Crippen LogP contribution in [0.3, 0.4) is 0 Å². The maximum absolute atomic E-state index is 12.1. The standard InChI is InChI=1S/C7H8FN5/c8-2-1-4-5-6(11-3-10-5)13-7(9)12-4/h3H,1-2H2,(H3,9,10,11,12,13). The SMILES string of the molecule is Nc1nc(CCF)c2[nH]cnc2n1. The van der Waals surface area contributed by atoms with Crippen LogP contribution in [-0.4, -0.2) is 26.6 Å². The third-order valence-corrected chi connectivity index (χ3v) is 1.71. The molecule has 2 heterocycles. The van der Waals surface area contributed by atoms with E-state index in [1.54, 1.807) is 0 Å². The van der Waals surface area contributed by atoms with Gasteiger partial charge in [-0.3, -0.25) is 4.39 Å². The summed E-state index contributed by atoms with van der Waals surface area (Å²) in [4.78, 5) is 14.6. The molecule has 68 valence electrons. The van der Waals surface area contributed by atoms with Crippen LogP contribution >= 0.6 is 0 Å². The van der Waals surface area contributed by atoms with Crippen LogP contribution in [0.15, 0.2) is 6.33 Å². The predicted molar refractivity (Wildman–Crippen MR) is 45.8 cm³/mol. The number of aryl methyl sites for hydroxylation is 1. The van der Waals surface area contributed by atoms with E-state index in [1.807, 2.05) is 0 Å². The molecule has 0 aliphatic heterocycles. The van der Waals surface area contributed by atoms with E-state index in [9.17, 15) is 4.39 Å². The van der Waals surface area contributed by atoms with Gasteiger partial charge in [-0.25, -0.2) is 9.97 Å². The van der Waals surface area contributed by atoms with Gasteiger partial charge in [-0.2, -0.15) is 4.98 Å². The zero-order valence-corrected chi connectivity index (χ0v) is 6.79. The molecule has 0 aliphatic rings. The van der Waals surface area contributed by atoms with Crippen LogP contribution in [0.4, 0.5) is 10.3 Å². The summed E-state index contributed by atoms with van der Waals surface area (Å²) in [5.74, 6) is 0.128. The van der Waals surface area contributed by atoms with Gasteiger partial charge in [0.25, 0.3) is 0 Å². The molecule has 0 aromatic carbocycles. The Morgan fingerprint density at radius 3 is 3.08 bits per heavy atom. The fourth-order valence-corrected chi connectivity index (χ4v) is 1.18. The fraction of sp³-hybridized carbons (Fsp3) is 0.286. The first-order chi connectivity index (χ1) is 6.31. The van der Waals surface area contributed by atoms with E-state index in [0.29, 0.717) is 16.9 Å². The first kappa shape index (κ1) is 7.90. The van der Waals surface area contributed by atoms with Crippen molar-refractivity contribution < 1.29 is 4.39 Å². The molecule has 0 amide bonds. The zero-order valence-electron chi connectivity index (χ0n) is 6.79. The van der Waals surface area contributed by atoms with Gasteiger partial charge in [0.1, 0.15) is 5.52 Å². The Morgan fingerprint density at radius 1 is 1.46 bits per heavy atom. The second kappa shape index (κ2) is 2.96. The van der Waals surface area contributed by atoms with Crippen molar-refractivity contribution in [3.63, 3.8) is 0 Å². The molecule has 0 fully saturated rings. The highest BCUT2D eigenvalue weighted by Crippen LogP contribution is 2.12. The molecule has 0 atom stereocenters. The van der Waals surface area contributed by atoms with Crippen molar-refractivity contribution in [2.75, 3.05) is 12.4 Å². The van der Waals surface area contributed by atoms with Crippen molar-refractivity contribution in [3.05, 3.63) is 12.0 Å². The molecule has 2 aromatic heterocycles. The number of nitrogens with one attached hydrogen (secondary N) is 1.